The zero-order valence-corrected chi connectivity index (χ0v) is 16.4. The van der Waals surface area contributed by atoms with Crippen LogP contribution in [0, 0.1) is 5.82 Å². The average molecular weight is 395 g/mol. The molecule has 0 aliphatic carbocycles. The lowest BCUT2D eigenvalue weighted by atomic mass is 9.98. The van der Waals surface area contributed by atoms with Crippen molar-refractivity contribution in [3.63, 3.8) is 0 Å². The van der Waals surface area contributed by atoms with Gasteiger partial charge in [-0.05, 0) is 49.6 Å². The van der Waals surface area contributed by atoms with E-state index in [1.807, 2.05) is 13.0 Å². The highest BCUT2D eigenvalue weighted by Crippen LogP contribution is 2.39. The molecular weight excluding hydrogens is 373 g/mol. The molecule has 3 heterocycles. The zero-order chi connectivity index (χ0) is 20.4. The van der Waals surface area contributed by atoms with Crippen molar-refractivity contribution in [2.45, 2.75) is 31.7 Å². The minimum Gasteiger partial charge on any atom is -0.480 e. The number of carbonyl (C=O) groups excluding carboxylic acids is 1. The maximum atomic E-state index is 13.4. The standard InChI is InChI=1S/C22H22FN3O3/c1-22(21-25-14-17(29-21)13-15-6-3-7-16(23)12-15)9-5-11-26(22)20(27)18-8-4-10-24-19(18)28-2/h3-4,6-8,10,12,14H,5,9,11,13H2,1-2H3/t22-/m1/s1. The summed E-state index contributed by atoms with van der Waals surface area (Å²) in [5, 5.41) is 0. The maximum absolute atomic E-state index is 13.4. The zero-order valence-electron chi connectivity index (χ0n) is 16.4. The molecule has 0 N–H and O–H groups in total. The van der Waals surface area contributed by atoms with Crippen LogP contribution in [0.2, 0.25) is 0 Å². The lowest BCUT2D eigenvalue weighted by Gasteiger charge is -2.32. The first-order valence-electron chi connectivity index (χ1n) is 9.52. The Hall–Kier alpha value is -3.22. The van der Waals surface area contributed by atoms with E-state index in [2.05, 4.69) is 9.97 Å². The highest BCUT2D eigenvalue weighted by Gasteiger charge is 2.45. The number of amides is 1. The van der Waals surface area contributed by atoms with E-state index < -0.39 is 5.54 Å². The van der Waals surface area contributed by atoms with Gasteiger partial charge in [0.25, 0.3) is 5.91 Å². The number of oxazole rings is 1. The molecule has 0 unspecified atom stereocenters. The monoisotopic (exact) mass is 395 g/mol. The van der Waals surface area contributed by atoms with E-state index in [0.717, 1.165) is 18.4 Å². The Morgan fingerprint density at radius 2 is 2.17 bits per heavy atom. The Bertz CT molecular complexity index is 1040. The normalized spacial score (nSPS) is 18.8. The fourth-order valence-corrected chi connectivity index (χ4v) is 3.86. The molecule has 1 saturated heterocycles. The molecule has 2 aromatic heterocycles. The topological polar surface area (TPSA) is 68.5 Å². The first-order chi connectivity index (χ1) is 14.0. The summed E-state index contributed by atoms with van der Waals surface area (Å²) in [6, 6.07) is 9.81. The summed E-state index contributed by atoms with van der Waals surface area (Å²) < 4.78 is 24.7. The van der Waals surface area contributed by atoms with Crippen molar-refractivity contribution in [2.24, 2.45) is 0 Å². The van der Waals surface area contributed by atoms with E-state index in [9.17, 15) is 9.18 Å². The van der Waals surface area contributed by atoms with E-state index in [-0.39, 0.29) is 11.7 Å². The molecule has 1 aliphatic rings. The van der Waals surface area contributed by atoms with Crippen LogP contribution in [0.5, 0.6) is 5.88 Å². The molecule has 0 spiro atoms. The first-order valence-corrected chi connectivity index (χ1v) is 9.52. The minimum absolute atomic E-state index is 0.167. The molecule has 0 saturated carbocycles. The first kappa shape index (κ1) is 19.1. The molecule has 1 fully saturated rings. The van der Waals surface area contributed by atoms with Gasteiger partial charge in [0.1, 0.15) is 22.7 Å². The van der Waals surface area contributed by atoms with Gasteiger partial charge in [-0.2, -0.15) is 0 Å². The Morgan fingerprint density at radius 3 is 2.97 bits per heavy atom. The number of halogens is 1. The van der Waals surface area contributed by atoms with Crippen LogP contribution < -0.4 is 4.74 Å². The number of methoxy groups -OCH3 is 1. The second kappa shape index (κ2) is 7.66. The Balaban J connectivity index is 1.60. The molecular formula is C22H22FN3O3. The van der Waals surface area contributed by atoms with Crippen molar-refractivity contribution in [3.05, 3.63) is 77.4 Å². The van der Waals surface area contributed by atoms with E-state index in [4.69, 9.17) is 9.15 Å². The predicted octanol–water partition coefficient (Wildman–Crippen LogP) is 3.96. The number of rotatable bonds is 5. The molecule has 150 valence electrons. The molecule has 6 nitrogen and oxygen atoms in total. The van der Waals surface area contributed by atoms with Gasteiger partial charge in [0.2, 0.25) is 11.8 Å². The summed E-state index contributed by atoms with van der Waals surface area (Å²) in [6.45, 7) is 2.55. The van der Waals surface area contributed by atoms with E-state index in [1.54, 1.807) is 35.5 Å². The summed E-state index contributed by atoms with van der Waals surface area (Å²) in [5.41, 5.74) is 0.546. The maximum Gasteiger partial charge on any atom is 0.260 e. The molecule has 0 radical (unpaired) electrons. The minimum atomic E-state index is -0.669. The van der Waals surface area contributed by atoms with Crippen LogP contribution >= 0.6 is 0 Å². The van der Waals surface area contributed by atoms with Gasteiger partial charge in [-0.25, -0.2) is 14.4 Å². The number of aromatic nitrogens is 2. The second-order valence-electron chi connectivity index (χ2n) is 7.33. The van der Waals surface area contributed by atoms with Crippen molar-refractivity contribution in [2.75, 3.05) is 13.7 Å². The highest BCUT2D eigenvalue weighted by molar-refractivity contribution is 5.97. The third-order valence-corrected chi connectivity index (χ3v) is 5.36. The summed E-state index contributed by atoms with van der Waals surface area (Å²) in [5.74, 6) is 0.959. The average Bonchev–Trinajstić information content (AvgIpc) is 3.35. The van der Waals surface area contributed by atoms with E-state index in [0.29, 0.717) is 36.1 Å². The largest absolute Gasteiger partial charge is 0.480 e. The number of carbonyl (C=O) groups is 1. The molecule has 1 aliphatic heterocycles. The number of pyridine rings is 1. The number of hydrogen-bond acceptors (Lipinski definition) is 5. The quantitative estimate of drug-likeness (QED) is 0.654. The molecule has 0 bridgehead atoms. The Labute approximate surface area is 168 Å². The molecule has 4 rings (SSSR count). The summed E-state index contributed by atoms with van der Waals surface area (Å²) in [4.78, 5) is 23.6. The number of nitrogens with zero attached hydrogens (tertiary/aromatic N) is 3. The van der Waals surface area contributed by atoms with Crippen molar-refractivity contribution in [3.8, 4) is 5.88 Å². The smallest absolute Gasteiger partial charge is 0.260 e. The molecule has 7 heteroatoms. The van der Waals surface area contributed by atoms with Gasteiger partial charge < -0.3 is 14.1 Å². The summed E-state index contributed by atoms with van der Waals surface area (Å²) in [6.07, 6.45) is 5.25. The molecule has 29 heavy (non-hydrogen) atoms. The Morgan fingerprint density at radius 1 is 1.31 bits per heavy atom. The fraction of sp³-hybridized carbons (Fsp3) is 0.318. The molecule has 1 aromatic carbocycles. The lowest BCUT2D eigenvalue weighted by Crippen LogP contribution is -2.43. The van der Waals surface area contributed by atoms with Crippen LogP contribution in [0.25, 0.3) is 0 Å². The Kier molecular flexibility index (Phi) is 5.05. The molecule has 1 atom stereocenters. The van der Waals surface area contributed by atoms with Crippen LogP contribution in [-0.4, -0.2) is 34.4 Å². The molecule has 3 aromatic rings. The summed E-state index contributed by atoms with van der Waals surface area (Å²) >= 11 is 0. The lowest BCUT2D eigenvalue weighted by molar-refractivity contribution is 0.0559. The van der Waals surface area contributed by atoms with Crippen molar-refractivity contribution < 1.29 is 18.3 Å². The van der Waals surface area contributed by atoms with Crippen molar-refractivity contribution in [1.82, 2.24) is 14.9 Å². The van der Waals surface area contributed by atoms with Gasteiger partial charge in [-0.1, -0.05) is 12.1 Å². The predicted molar refractivity (Wildman–Crippen MR) is 104 cm³/mol. The number of hydrogen-bond donors (Lipinski definition) is 0. The van der Waals surface area contributed by atoms with Gasteiger partial charge >= 0.3 is 0 Å². The third-order valence-electron chi connectivity index (χ3n) is 5.36. The van der Waals surface area contributed by atoms with Crippen LogP contribution in [0.15, 0.2) is 53.2 Å². The third kappa shape index (κ3) is 3.60. The second-order valence-corrected chi connectivity index (χ2v) is 7.33. The van der Waals surface area contributed by atoms with Gasteiger partial charge in [0.15, 0.2) is 0 Å². The number of benzene rings is 1. The fourth-order valence-electron chi connectivity index (χ4n) is 3.86. The van der Waals surface area contributed by atoms with Crippen LogP contribution in [0.3, 0.4) is 0 Å². The van der Waals surface area contributed by atoms with Crippen LogP contribution in [0.4, 0.5) is 4.39 Å². The van der Waals surface area contributed by atoms with Crippen molar-refractivity contribution >= 4 is 5.91 Å². The highest BCUT2D eigenvalue weighted by atomic mass is 19.1. The van der Waals surface area contributed by atoms with Gasteiger partial charge in [-0.15, -0.1) is 0 Å². The number of ether oxygens (including phenoxy) is 1. The van der Waals surface area contributed by atoms with E-state index >= 15 is 0 Å². The number of likely N-dealkylation sites (tertiary alicyclic amines) is 1. The SMILES string of the molecule is COc1ncccc1C(=O)N1CCC[C@]1(C)c1ncc(Cc2cccc(F)c2)o1. The van der Waals surface area contributed by atoms with Crippen molar-refractivity contribution in [1.29, 1.82) is 0 Å². The van der Waals surface area contributed by atoms with Crippen LogP contribution in [0.1, 0.15) is 47.3 Å². The van der Waals surface area contributed by atoms with Gasteiger partial charge in [0.05, 0.1) is 13.3 Å². The van der Waals surface area contributed by atoms with Gasteiger partial charge in [0, 0.05) is 19.2 Å². The molecule has 1 amide bonds. The summed E-state index contributed by atoms with van der Waals surface area (Å²) in [7, 11) is 1.50. The van der Waals surface area contributed by atoms with Crippen LogP contribution in [-0.2, 0) is 12.0 Å². The van der Waals surface area contributed by atoms with E-state index in [1.165, 1.54) is 19.2 Å². The van der Waals surface area contributed by atoms with Gasteiger partial charge in [-0.3, -0.25) is 4.79 Å².